The van der Waals surface area contributed by atoms with Gasteiger partial charge < -0.3 is 10.1 Å². The molecule has 0 saturated heterocycles. The van der Waals surface area contributed by atoms with Gasteiger partial charge in [-0.25, -0.2) is 9.97 Å². The molecule has 150 valence electrons. The van der Waals surface area contributed by atoms with Gasteiger partial charge in [-0.05, 0) is 42.9 Å². The van der Waals surface area contributed by atoms with Crippen molar-refractivity contribution in [3.63, 3.8) is 0 Å². The third-order valence-electron chi connectivity index (χ3n) is 5.41. The van der Waals surface area contributed by atoms with Crippen molar-refractivity contribution in [2.45, 2.75) is 39.3 Å². The van der Waals surface area contributed by atoms with Crippen LogP contribution in [0, 0.1) is 5.92 Å². The first kappa shape index (κ1) is 19.1. The lowest BCUT2D eigenvalue weighted by Crippen LogP contribution is -2.32. The second kappa shape index (κ2) is 8.03. The quantitative estimate of drug-likeness (QED) is 0.720. The lowest BCUT2D eigenvalue weighted by atomic mass is 9.87. The van der Waals surface area contributed by atoms with Gasteiger partial charge in [0.15, 0.2) is 5.65 Å². The van der Waals surface area contributed by atoms with Crippen molar-refractivity contribution in [3.8, 4) is 5.75 Å². The zero-order chi connectivity index (χ0) is 20.4. The standard InChI is InChI=1S/C22H24N4O3/c1-14-7-8-18-16(9-14)10-17-21(25-18)24-13-26(22(17)28)12-20(27)23-11-15-5-3-4-6-19(15)29-2/h3-6,10,13-14H,7-9,11-12H2,1-2H3,(H,23,27). The topological polar surface area (TPSA) is 86.1 Å². The fourth-order valence-electron chi connectivity index (χ4n) is 3.79. The van der Waals surface area contributed by atoms with Crippen molar-refractivity contribution in [2.75, 3.05) is 7.11 Å². The van der Waals surface area contributed by atoms with Crippen LogP contribution in [0.25, 0.3) is 11.0 Å². The molecule has 7 heteroatoms. The van der Waals surface area contributed by atoms with E-state index in [1.165, 1.54) is 10.9 Å². The second-order valence-electron chi connectivity index (χ2n) is 7.58. The highest BCUT2D eigenvalue weighted by molar-refractivity contribution is 5.77. The van der Waals surface area contributed by atoms with Crippen molar-refractivity contribution >= 4 is 16.9 Å². The first-order valence-electron chi connectivity index (χ1n) is 9.81. The van der Waals surface area contributed by atoms with Gasteiger partial charge in [-0.15, -0.1) is 0 Å². The molecule has 7 nitrogen and oxygen atoms in total. The summed E-state index contributed by atoms with van der Waals surface area (Å²) in [5, 5.41) is 3.30. The smallest absolute Gasteiger partial charge is 0.263 e. The minimum absolute atomic E-state index is 0.0928. The molecule has 0 bridgehead atoms. The fourth-order valence-corrected chi connectivity index (χ4v) is 3.79. The molecule has 4 rings (SSSR count). The van der Waals surface area contributed by atoms with Crippen LogP contribution in [0.2, 0.25) is 0 Å². The number of fused-ring (bicyclic) bond motifs is 2. The van der Waals surface area contributed by atoms with E-state index in [2.05, 4.69) is 22.2 Å². The van der Waals surface area contributed by atoms with Crippen LogP contribution in [-0.2, 0) is 30.7 Å². The summed E-state index contributed by atoms with van der Waals surface area (Å²) in [4.78, 5) is 34.2. The molecule has 1 unspecified atom stereocenters. The fraction of sp³-hybridized carbons (Fsp3) is 0.364. The van der Waals surface area contributed by atoms with E-state index in [-0.39, 0.29) is 18.0 Å². The van der Waals surface area contributed by atoms with E-state index in [4.69, 9.17) is 4.74 Å². The molecule has 0 spiro atoms. The molecule has 0 fully saturated rings. The summed E-state index contributed by atoms with van der Waals surface area (Å²) in [6.45, 7) is 2.44. The summed E-state index contributed by atoms with van der Waals surface area (Å²) in [6, 6.07) is 9.40. The van der Waals surface area contributed by atoms with Crippen LogP contribution in [0.1, 0.15) is 30.2 Å². The van der Waals surface area contributed by atoms with E-state index < -0.39 is 0 Å². The van der Waals surface area contributed by atoms with Crippen molar-refractivity contribution in [2.24, 2.45) is 5.92 Å². The largest absolute Gasteiger partial charge is 0.496 e. The maximum absolute atomic E-state index is 12.9. The van der Waals surface area contributed by atoms with Gasteiger partial charge in [0, 0.05) is 17.8 Å². The maximum atomic E-state index is 12.9. The summed E-state index contributed by atoms with van der Waals surface area (Å²) in [5.41, 5.74) is 3.24. The number of ether oxygens (including phenoxy) is 1. The third-order valence-corrected chi connectivity index (χ3v) is 5.41. The van der Waals surface area contributed by atoms with E-state index in [9.17, 15) is 9.59 Å². The molecule has 1 aliphatic carbocycles. The first-order valence-corrected chi connectivity index (χ1v) is 9.81. The van der Waals surface area contributed by atoms with Crippen molar-refractivity contribution in [3.05, 3.63) is 63.8 Å². The molecule has 1 amide bonds. The average molecular weight is 392 g/mol. The molecule has 3 aromatic rings. The summed E-state index contributed by atoms with van der Waals surface area (Å²) < 4.78 is 6.63. The average Bonchev–Trinajstić information content (AvgIpc) is 2.73. The maximum Gasteiger partial charge on any atom is 0.263 e. The zero-order valence-electron chi connectivity index (χ0n) is 16.6. The molecular formula is C22H24N4O3. The van der Waals surface area contributed by atoms with Crippen LogP contribution in [0.5, 0.6) is 5.75 Å². The number of carbonyl (C=O) groups is 1. The highest BCUT2D eigenvalue weighted by atomic mass is 16.5. The van der Waals surface area contributed by atoms with Gasteiger partial charge in [0.2, 0.25) is 5.91 Å². The number of hydrogen-bond acceptors (Lipinski definition) is 5. The predicted molar refractivity (Wildman–Crippen MR) is 110 cm³/mol. The number of pyridine rings is 1. The summed E-state index contributed by atoms with van der Waals surface area (Å²) >= 11 is 0. The molecular weight excluding hydrogens is 368 g/mol. The number of carbonyl (C=O) groups excluding carboxylic acids is 1. The number of aryl methyl sites for hydroxylation is 1. The van der Waals surface area contributed by atoms with E-state index in [1.807, 2.05) is 30.3 Å². The number of methoxy groups -OCH3 is 1. The molecule has 1 N–H and O–H groups in total. The minimum atomic E-state index is -0.265. The number of benzene rings is 1. The van der Waals surface area contributed by atoms with Gasteiger partial charge in [-0.2, -0.15) is 0 Å². The van der Waals surface area contributed by atoms with Gasteiger partial charge >= 0.3 is 0 Å². The Kier molecular flexibility index (Phi) is 5.29. The van der Waals surface area contributed by atoms with E-state index in [1.54, 1.807) is 7.11 Å². The first-order chi connectivity index (χ1) is 14.0. The molecule has 2 aromatic heterocycles. The monoisotopic (exact) mass is 392 g/mol. The number of nitrogens with zero attached hydrogens (tertiary/aromatic N) is 3. The Morgan fingerprint density at radius 3 is 3.00 bits per heavy atom. The number of para-hydroxylation sites is 1. The number of aromatic nitrogens is 3. The lowest BCUT2D eigenvalue weighted by Gasteiger charge is -2.20. The van der Waals surface area contributed by atoms with E-state index in [0.29, 0.717) is 29.2 Å². The van der Waals surface area contributed by atoms with Crippen LogP contribution in [-0.4, -0.2) is 27.6 Å². The zero-order valence-corrected chi connectivity index (χ0v) is 16.6. The molecule has 0 saturated carbocycles. The minimum Gasteiger partial charge on any atom is -0.496 e. The Labute approximate surface area is 168 Å². The molecule has 0 aliphatic heterocycles. The number of nitrogens with one attached hydrogen (secondary N) is 1. The molecule has 2 heterocycles. The molecule has 1 aromatic carbocycles. The van der Waals surface area contributed by atoms with Crippen molar-refractivity contribution < 1.29 is 9.53 Å². The van der Waals surface area contributed by atoms with Crippen molar-refractivity contribution in [1.82, 2.24) is 19.9 Å². The van der Waals surface area contributed by atoms with Crippen LogP contribution in [0.4, 0.5) is 0 Å². The summed E-state index contributed by atoms with van der Waals surface area (Å²) in [6.07, 6.45) is 4.35. The molecule has 0 radical (unpaired) electrons. The normalized spacial score (nSPS) is 15.7. The Morgan fingerprint density at radius 1 is 1.34 bits per heavy atom. The highest BCUT2D eigenvalue weighted by Crippen LogP contribution is 2.25. The molecule has 29 heavy (non-hydrogen) atoms. The summed E-state index contributed by atoms with van der Waals surface area (Å²) in [7, 11) is 1.59. The lowest BCUT2D eigenvalue weighted by molar-refractivity contribution is -0.121. The number of rotatable bonds is 5. The molecule has 1 atom stereocenters. The number of amides is 1. The Morgan fingerprint density at radius 2 is 2.17 bits per heavy atom. The highest BCUT2D eigenvalue weighted by Gasteiger charge is 2.19. The Balaban J connectivity index is 1.52. The molecule has 1 aliphatic rings. The number of hydrogen-bond donors (Lipinski definition) is 1. The van der Waals surface area contributed by atoms with Crippen LogP contribution < -0.4 is 15.6 Å². The van der Waals surface area contributed by atoms with Gasteiger partial charge in [0.25, 0.3) is 5.56 Å². The van der Waals surface area contributed by atoms with Gasteiger partial charge in [0.05, 0.1) is 12.5 Å². The predicted octanol–water partition coefficient (Wildman–Crippen LogP) is 2.24. The third kappa shape index (κ3) is 3.99. The Bertz CT molecular complexity index is 1120. The SMILES string of the molecule is COc1ccccc1CNC(=O)Cn1cnc2nc3c(cc2c1=O)CC(C)CC3. The summed E-state index contributed by atoms with van der Waals surface area (Å²) in [5.74, 6) is 1.03. The van der Waals surface area contributed by atoms with E-state index in [0.717, 1.165) is 36.1 Å². The van der Waals surface area contributed by atoms with Gasteiger partial charge in [-0.3, -0.25) is 14.2 Å². The van der Waals surface area contributed by atoms with E-state index >= 15 is 0 Å². The van der Waals surface area contributed by atoms with Crippen LogP contribution >= 0.6 is 0 Å². The Hall–Kier alpha value is -3.22. The van der Waals surface area contributed by atoms with Crippen LogP contribution in [0.3, 0.4) is 0 Å². The van der Waals surface area contributed by atoms with Gasteiger partial charge in [0.1, 0.15) is 18.6 Å². The van der Waals surface area contributed by atoms with Gasteiger partial charge in [-0.1, -0.05) is 25.1 Å². The van der Waals surface area contributed by atoms with Crippen LogP contribution in [0.15, 0.2) is 41.5 Å². The van der Waals surface area contributed by atoms with Crippen molar-refractivity contribution in [1.29, 1.82) is 0 Å². The second-order valence-corrected chi connectivity index (χ2v) is 7.58.